The van der Waals surface area contributed by atoms with E-state index in [1.54, 1.807) is 13.0 Å². The SMILES string of the molecule is CCO.CP.C\C=C/C(/C=C/C=C(C=O)C=O)=C\CC. The Bertz CT molecular complexity index is 330. The number of carbonyl (C=O) groups is 2. The minimum atomic E-state index is 0.141. The van der Waals surface area contributed by atoms with E-state index in [0.717, 1.165) is 12.0 Å². The molecule has 0 amide bonds. The minimum Gasteiger partial charge on any atom is -0.397 e. The largest absolute Gasteiger partial charge is 0.397 e. The number of hydrogen-bond acceptors (Lipinski definition) is 3. The van der Waals surface area contributed by atoms with Crippen LogP contribution in [0, 0.1) is 0 Å². The fraction of sp³-hybridized carbons (Fsp3) is 0.375. The number of hydrogen-bond donors (Lipinski definition) is 1. The molecule has 0 aliphatic heterocycles. The van der Waals surface area contributed by atoms with E-state index in [4.69, 9.17) is 5.11 Å². The average Bonchev–Trinajstić information content (AvgIpc) is 2.47. The lowest BCUT2D eigenvalue weighted by Gasteiger charge is -1.91. The zero-order valence-electron chi connectivity index (χ0n) is 12.9. The Morgan fingerprint density at radius 1 is 1.05 bits per heavy atom. The van der Waals surface area contributed by atoms with Crippen LogP contribution in [0.15, 0.2) is 47.6 Å². The lowest BCUT2D eigenvalue weighted by atomic mass is 10.2. The third-order valence-electron chi connectivity index (χ3n) is 1.65. The molecular formula is C16H27O3P. The van der Waals surface area contributed by atoms with Gasteiger partial charge in [-0.05, 0) is 31.9 Å². The van der Waals surface area contributed by atoms with Gasteiger partial charge in [0.05, 0.1) is 5.57 Å². The van der Waals surface area contributed by atoms with Gasteiger partial charge in [0.2, 0.25) is 0 Å². The number of carbonyl (C=O) groups excluding carboxylic acids is 2. The van der Waals surface area contributed by atoms with Crippen LogP contribution >= 0.6 is 9.24 Å². The van der Waals surface area contributed by atoms with E-state index in [1.165, 1.54) is 6.08 Å². The van der Waals surface area contributed by atoms with Crippen molar-refractivity contribution in [2.45, 2.75) is 27.2 Å². The van der Waals surface area contributed by atoms with Crippen LogP contribution < -0.4 is 0 Å². The van der Waals surface area contributed by atoms with E-state index < -0.39 is 0 Å². The molecule has 0 bridgehead atoms. The smallest absolute Gasteiger partial charge is 0.153 e. The lowest BCUT2D eigenvalue weighted by molar-refractivity contribution is -0.109. The topological polar surface area (TPSA) is 54.4 Å². The summed E-state index contributed by atoms with van der Waals surface area (Å²) in [6.07, 6.45) is 13.0. The summed E-state index contributed by atoms with van der Waals surface area (Å²) >= 11 is 0. The maximum Gasteiger partial charge on any atom is 0.153 e. The van der Waals surface area contributed by atoms with E-state index in [0.29, 0.717) is 12.6 Å². The van der Waals surface area contributed by atoms with Gasteiger partial charge in [-0.3, -0.25) is 9.59 Å². The lowest BCUT2D eigenvalue weighted by Crippen LogP contribution is -1.83. The molecule has 0 saturated heterocycles. The van der Waals surface area contributed by atoms with Gasteiger partial charge in [-0.15, -0.1) is 9.24 Å². The van der Waals surface area contributed by atoms with Gasteiger partial charge in [-0.2, -0.15) is 0 Å². The Hall–Kier alpha value is -1.31. The van der Waals surface area contributed by atoms with Crippen molar-refractivity contribution in [2.24, 2.45) is 0 Å². The molecule has 0 saturated carbocycles. The molecule has 0 radical (unpaired) electrons. The van der Waals surface area contributed by atoms with Crippen molar-refractivity contribution >= 4 is 21.8 Å². The molecule has 1 N–H and O–H groups in total. The Balaban J connectivity index is -0.000000505. The second kappa shape index (κ2) is 22.8. The molecule has 1 unspecified atom stereocenters. The molecule has 0 fully saturated rings. The second-order valence-electron chi connectivity index (χ2n) is 3.19. The Morgan fingerprint density at radius 3 is 1.90 bits per heavy atom. The summed E-state index contributed by atoms with van der Waals surface area (Å²) in [5, 5.41) is 7.57. The highest BCUT2D eigenvalue weighted by Gasteiger charge is 1.87. The maximum atomic E-state index is 10.3. The molecule has 0 aromatic carbocycles. The Labute approximate surface area is 125 Å². The molecule has 0 aliphatic carbocycles. The zero-order chi connectivity index (χ0) is 16.2. The molecule has 0 rings (SSSR count). The maximum absolute atomic E-state index is 10.3. The van der Waals surface area contributed by atoms with E-state index in [1.807, 2.05) is 31.8 Å². The van der Waals surface area contributed by atoms with E-state index in [9.17, 15) is 9.59 Å². The van der Waals surface area contributed by atoms with Gasteiger partial charge in [0.25, 0.3) is 0 Å². The minimum absolute atomic E-state index is 0.141. The summed E-state index contributed by atoms with van der Waals surface area (Å²) in [5.74, 6) is 0. The molecule has 0 spiro atoms. The third kappa shape index (κ3) is 19.0. The zero-order valence-corrected chi connectivity index (χ0v) is 14.0. The summed E-state index contributed by atoms with van der Waals surface area (Å²) in [5.41, 5.74) is 1.20. The summed E-state index contributed by atoms with van der Waals surface area (Å²) in [7, 11) is 2.42. The van der Waals surface area contributed by atoms with Gasteiger partial charge >= 0.3 is 0 Å². The Morgan fingerprint density at radius 2 is 1.55 bits per heavy atom. The number of aldehydes is 2. The fourth-order valence-electron chi connectivity index (χ4n) is 0.996. The molecule has 0 aromatic heterocycles. The van der Waals surface area contributed by atoms with Gasteiger partial charge in [-0.25, -0.2) is 0 Å². The highest BCUT2D eigenvalue weighted by molar-refractivity contribution is 7.15. The summed E-state index contributed by atoms with van der Waals surface area (Å²) in [6, 6.07) is 0. The average molecular weight is 298 g/mol. The second-order valence-corrected chi connectivity index (χ2v) is 3.19. The first kappa shape index (κ1) is 23.8. The molecule has 114 valence electrons. The van der Waals surface area contributed by atoms with Gasteiger partial charge < -0.3 is 5.11 Å². The summed E-state index contributed by atoms with van der Waals surface area (Å²) in [4.78, 5) is 20.6. The van der Waals surface area contributed by atoms with Gasteiger partial charge in [-0.1, -0.05) is 44.0 Å². The van der Waals surface area contributed by atoms with Crippen molar-refractivity contribution in [3.05, 3.63) is 47.6 Å². The highest BCUT2D eigenvalue weighted by Crippen LogP contribution is 2.02. The van der Waals surface area contributed by atoms with Crippen molar-refractivity contribution < 1.29 is 14.7 Å². The first-order chi connectivity index (χ1) is 9.69. The summed E-state index contributed by atoms with van der Waals surface area (Å²) < 4.78 is 0. The van der Waals surface area contributed by atoms with Crippen molar-refractivity contribution in [3.63, 3.8) is 0 Å². The van der Waals surface area contributed by atoms with Crippen LogP contribution in [0.5, 0.6) is 0 Å². The first-order valence-corrected chi connectivity index (χ1v) is 7.65. The third-order valence-corrected chi connectivity index (χ3v) is 1.65. The van der Waals surface area contributed by atoms with Gasteiger partial charge in [0.15, 0.2) is 12.6 Å². The fourth-order valence-corrected chi connectivity index (χ4v) is 0.996. The monoisotopic (exact) mass is 298 g/mol. The number of rotatable bonds is 6. The normalized spacial score (nSPS) is 10.2. The number of aliphatic hydroxyl groups excluding tert-OH is 1. The highest BCUT2D eigenvalue weighted by atomic mass is 31.0. The van der Waals surface area contributed by atoms with Crippen LogP contribution in [0.2, 0.25) is 0 Å². The van der Waals surface area contributed by atoms with Crippen molar-refractivity contribution in [1.82, 2.24) is 0 Å². The molecule has 4 heteroatoms. The van der Waals surface area contributed by atoms with Crippen molar-refractivity contribution in [1.29, 1.82) is 0 Å². The van der Waals surface area contributed by atoms with Crippen molar-refractivity contribution in [3.8, 4) is 0 Å². The van der Waals surface area contributed by atoms with E-state index >= 15 is 0 Å². The predicted molar refractivity (Wildman–Crippen MR) is 90.9 cm³/mol. The van der Waals surface area contributed by atoms with Gasteiger partial charge in [0, 0.05) is 6.61 Å². The quantitative estimate of drug-likeness (QED) is 0.204. The van der Waals surface area contributed by atoms with Crippen LogP contribution in [-0.2, 0) is 9.59 Å². The molecule has 3 nitrogen and oxygen atoms in total. The number of aliphatic hydroxyl groups is 1. The molecule has 0 aromatic rings. The predicted octanol–water partition coefficient (Wildman–Crippen LogP) is 3.27. The molecule has 0 heterocycles. The molecule has 0 aliphatic rings. The Kier molecular flexibility index (Phi) is 27.1. The van der Waals surface area contributed by atoms with Crippen LogP contribution in [0.1, 0.15) is 27.2 Å². The standard InChI is InChI=1S/C13H16O2.C2H6O.CH5P/c1-3-6-12(7-4-2)8-5-9-13(10-14)11-15;1-2-3;1-2/h3,5-11H,4H2,1-2H3;3H,2H2,1H3;2H2,1H3/b6-3-,8-5+,12-7+;;. The van der Waals surface area contributed by atoms with Crippen LogP contribution in [0.3, 0.4) is 0 Å². The number of allylic oxidation sites excluding steroid dienone is 8. The molecule has 1 atom stereocenters. The van der Waals surface area contributed by atoms with Crippen LogP contribution in [0.25, 0.3) is 0 Å². The van der Waals surface area contributed by atoms with Crippen LogP contribution in [0.4, 0.5) is 0 Å². The van der Waals surface area contributed by atoms with Crippen LogP contribution in [-0.4, -0.2) is 31.0 Å². The van der Waals surface area contributed by atoms with E-state index in [2.05, 4.69) is 22.2 Å². The molecular weight excluding hydrogens is 271 g/mol. The molecule has 20 heavy (non-hydrogen) atoms. The van der Waals surface area contributed by atoms with E-state index in [-0.39, 0.29) is 12.2 Å². The summed E-state index contributed by atoms with van der Waals surface area (Å²) in [6.45, 7) is 7.84. The first-order valence-electron chi connectivity index (χ1n) is 6.50. The van der Waals surface area contributed by atoms with Crippen molar-refractivity contribution in [2.75, 3.05) is 13.3 Å². The van der Waals surface area contributed by atoms with Gasteiger partial charge in [0.1, 0.15) is 0 Å².